The molecule has 0 bridgehead atoms. The van der Waals surface area contributed by atoms with Crippen molar-refractivity contribution in [3.63, 3.8) is 0 Å². The normalized spacial score (nSPS) is 12.0. The van der Waals surface area contributed by atoms with E-state index in [1.54, 1.807) is 22.6 Å². The van der Waals surface area contributed by atoms with Crippen LogP contribution in [0.3, 0.4) is 0 Å². The van der Waals surface area contributed by atoms with Gasteiger partial charge in [0.05, 0.1) is 15.3 Å². The highest BCUT2D eigenvalue weighted by Gasteiger charge is 2.32. The number of aromatic nitrogens is 2. The molecular formula is C9H4F3IN2O2. The summed E-state index contributed by atoms with van der Waals surface area (Å²) in [4.78, 5) is 14.6. The summed E-state index contributed by atoms with van der Waals surface area (Å²) in [5.74, 6) is -1.33. The predicted molar refractivity (Wildman–Crippen MR) is 59.9 cm³/mol. The zero-order valence-corrected chi connectivity index (χ0v) is 10.2. The maximum atomic E-state index is 12.6. The predicted octanol–water partition coefficient (Wildman–Crippen LogP) is 2.66. The van der Waals surface area contributed by atoms with Crippen LogP contribution in [0.15, 0.2) is 18.5 Å². The van der Waals surface area contributed by atoms with Gasteiger partial charge in [-0.2, -0.15) is 13.2 Å². The van der Waals surface area contributed by atoms with Gasteiger partial charge in [-0.1, -0.05) is 0 Å². The smallest absolute Gasteiger partial charge is 0.417 e. The molecule has 90 valence electrons. The first-order chi connectivity index (χ1) is 7.80. The van der Waals surface area contributed by atoms with E-state index in [0.717, 1.165) is 22.9 Å². The summed E-state index contributed by atoms with van der Waals surface area (Å²) in [5.41, 5.74) is -1.02. The zero-order valence-electron chi connectivity index (χ0n) is 7.99. The molecule has 0 aliphatic carbocycles. The quantitative estimate of drug-likeness (QED) is 0.800. The molecule has 2 rings (SSSR count). The van der Waals surface area contributed by atoms with E-state index < -0.39 is 17.7 Å². The van der Waals surface area contributed by atoms with Crippen LogP contribution in [-0.2, 0) is 6.18 Å². The van der Waals surface area contributed by atoms with Crippen molar-refractivity contribution in [2.75, 3.05) is 0 Å². The fraction of sp³-hybridized carbons (Fsp3) is 0.111. The summed E-state index contributed by atoms with van der Waals surface area (Å²) in [6, 6.07) is 0.925. The molecule has 0 fully saturated rings. The summed E-state index contributed by atoms with van der Waals surface area (Å²) in [7, 11) is 0. The maximum absolute atomic E-state index is 12.6. The molecule has 0 aliphatic rings. The van der Waals surface area contributed by atoms with Crippen molar-refractivity contribution in [3.8, 4) is 0 Å². The fourth-order valence-electron chi connectivity index (χ4n) is 1.36. The van der Waals surface area contributed by atoms with Gasteiger partial charge in [0.1, 0.15) is 0 Å². The molecule has 2 aromatic rings. The van der Waals surface area contributed by atoms with Crippen molar-refractivity contribution < 1.29 is 23.1 Å². The SMILES string of the molecule is O=C(O)c1cnc2c(I)cc(C(F)(F)F)cn12. The minimum Gasteiger partial charge on any atom is -0.477 e. The molecule has 2 heterocycles. The molecule has 0 saturated heterocycles. The number of rotatable bonds is 1. The van der Waals surface area contributed by atoms with Crippen LogP contribution in [0.25, 0.3) is 5.65 Å². The highest BCUT2D eigenvalue weighted by atomic mass is 127. The molecule has 0 unspecified atom stereocenters. The van der Waals surface area contributed by atoms with Crippen LogP contribution in [-0.4, -0.2) is 20.5 Å². The van der Waals surface area contributed by atoms with E-state index in [1.165, 1.54) is 0 Å². The minimum absolute atomic E-state index is 0.191. The Hall–Kier alpha value is -1.32. The maximum Gasteiger partial charge on any atom is 0.417 e. The molecule has 0 radical (unpaired) electrons. The molecule has 1 N–H and O–H groups in total. The van der Waals surface area contributed by atoms with Crippen molar-refractivity contribution in [3.05, 3.63) is 33.3 Å². The van der Waals surface area contributed by atoms with E-state index in [9.17, 15) is 18.0 Å². The largest absolute Gasteiger partial charge is 0.477 e. The number of pyridine rings is 1. The van der Waals surface area contributed by atoms with Crippen molar-refractivity contribution in [1.29, 1.82) is 0 Å². The number of carboxylic acids is 1. The summed E-state index contributed by atoms with van der Waals surface area (Å²) in [5, 5.41) is 8.81. The highest BCUT2D eigenvalue weighted by molar-refractivity contribution is 14.1. The Morgan fingerprint density at radius 3 is 2.65 bits per heavy atom. The van der Waals surface area contributed by atoms with Gasteiger partial charge in [0, 0.05) is 6.20 Å². The van der Waals surface area contributed by atoms with Crippen molar-refractivity contribution in [2.24, 2.45) is 0 Å². The lowest BCUT2D eigenvalue weighted by atomic mass is 10.3. The number of halogens is 4. The summed E-state index contributed by atoms with van der Waals surface area (Å²) in [6.07, 6.45) is -2.76. The second kappa shape index (κ2) is 3.86. The lowest BCUT2D eigenvalue weighted by molar-refractivity contribution is -0.137. The standard InChI is InChI=1S/C9H4F3IN2O2/c10-9(11,12)4-1-5(13)7-14-2-6(8(16)17)15(7)3-4/h1-3H,(H,16,17). The van der Waals surface area contributed by atoms with E-state index in [2.05, 4.69) is 4.98 Å². The first kappa shape index (κ1) is 12.1. The molecule has 4 nitrogen and oxygen atoms in total. The van der Waals surface area contributed by atoms with Gasteiger partial charge in [-0.15, -0.1) is 0 Å². The number of hydrogen-bond donors (Lipinski definition) is 1. The fourth-order valence-corrected chi connectivity index (χ4v) is 2.09. The van der Waals surface area contributed by atoms with Gasteiger partial charge in [0.2, 0.25) is 0 Å². The Morgan fingerprint density at radius 1 is 1.47 bits per heavy atom. The van der Waals surface area contributed by atoms with Gasteiger partial charge >= 0.3 is 12.1 Å². The molecule has 0 spiro atoms. The number of aromatic carboxylic acids is 1. The van der Waals surface area contributed by atoms with Crippen LogP contribution in [0.2, 0.25) is 0 Å². The Kier molecular flexibility index (Phi) is 2.76. The Morgan fingerprint density at radius 2 is 2.12 bits per heavy atom. The number of nitrogens with zero attached hydrogens (tertiary/aromatic N) is 2. The Bertz CT molecular complexity index is 606. The van der Waals surface area contributed by atoms with Crippen LogP contribution < -0.4 is 0 Å². The van der Waals surface area contributed by atoms with E-state index in [-0.39, 0.29) is 14.9 Å². The van der Waals surface area contributed by atoms with Crippen LogP contribution in [0.5, 0.6) is 0 Å². The van der Waals surface area contributed by atoms with Crippen molar-refractivity contribution in [2.45, 2.75) is 6.18 Å². The van der Waals surface area contributed by atoms with Crippen LogP contribution >= 0.6 is 22.6 Å². The Balaban J connectivity index is 2.78. The summed E-state index contributed by atoms with van der Waals surface area (Å²) < 4.78 is 38.8. The molecule has 17 heavy (non-hydrogen) atoms. The van der Waals surface area contributed by atoms with E-state index >= 15 is 0 Å². The van der Waals surface area contributed by atoms with E-state index in [1.807, 2.05) is 0 Å². The van der Waals surface area contributed by atoms with Crippen LogP contribution in [0.1, 0.15) is 16.1 Å². The zero-order chi connectivity index (χ0) is 12.8. The summed E-state index contributed by atoms with van der Waals surface area (Å²) >= 11 is 1.68. The second-order valence-electron chi connectivity index (χ2n) is 3.22. The summed E-state index contributed by atoms with van der Waals surface area (Å²) in [6.45, 7) is 0. The molecule has 0 aromatic carbocycles. The van der Waals surface area contributed by atoms with Crippen molar-refractivity contribution in [1.82, 2.24) is 9.38 Å². The molecule has 0 saturated carbocycles. The Labute approximate surface area is 106 Å². The number of imidazole rings is 1. The number of fused-ring (bicyclic) bond motifs is 1. The van der Waals surface area contributed by atoms with E-state index in [4.69, 9.17) is 5.11 Å². The van der Waals surface area contributed by atoms with Crippen LogP contribution in [0, 0.1) is 3.57 Å². The molecule has 0 aliphatic heterocycles. The van der Waals surface area contributed by atoms with Gasteiger partial charge in [-0.25, -0.2) is 9.78 Å². The molecular weight excluding hydrogens is 352 g/mol. The number of carbonyl (C=O) groups is 1. The van der Waals surface area contributed by atoms with Gasteiger partial charge in [-0.3, -0.25) is 4.40 Å². The highest BCUT2D eigenvalue weighted by Crippen LogP contribution is 2.31. The van der Waals surface area contributed by atoms with Crippen molar-refractivity contribution >= 4 is 34.2 Å². The lowest BCUT2D eigenvalue weighted by Gasteiger charge is -2.08. The van der Waals surface area contributed by atoms with E-state index in [0.29, 0.717) is 0 Å². The topological polar surface area (TPSA) is 54.6 Å². The molecule has 2 aromatic heterocycles. The second-order valence-corrected chi connectivity index (χ2v) is 4.38. The van der Waals surface area contributed by atoms with Crippen LogP contribution in [0.4, 0.5) is 13.2 Å². The number of alkyl halides is 3. The lowest BCUT2D eigenvalue weighted by Crippen LogP contribution is -2.09. The van der Waals surface area contributed by atoms with Gasteiger partial charge in [0.25, 0.3) is 0 Å². The number of hydrogen-bond acceptors (Lipinski definition) is 2. The molecule has 0 atom stereocenters. The average Bonchev–Trinajstić information content (AvgIpc) is 2.60. The third-order valence-corrected chi connectivity index (χ3v) is 2.90. The monoisotopic (exact) mass is 356 g/mol. The first-order valence-electron chi connectivity index (χ1n) is 4.28. The molecule has 0 amide bonds. The van der Waals surface area contributed by atoms with Gasteiger partial charge < -0.3 is 5.11 Å². The average molecular weight is 356 g/mol. The first-order valence-corrected chi connectivity index (χ1v) is 5.35. The third kappa shape index (κ3) is 2.08. The molecule has 8 heteroatoms. The minimum atomic E-state index is -4.52. The van der Waals surface area contributed by atoms with Gasteiger partial charge in [0.15, 0.2) is 11.3 Å². The number of carboxylic acid groups (broad SMARTS) is 1. The third-order valence-electron chi connectivity index (χ3n) is 2.11. The van der Waals surface area contributed by atoms with Gasteiger partial charge in [-0.05, 0) is 28.7 Å².